The molecule has 2 aromatic carbocycles. The first-order valence-electron chi connectivity index (χ1n) is 6.02. The van der Waals surface area contributed by atoms with Crippen LogP contribution in [0.25, 0.3) is 0 Å². The van der Waals surface area contributed by atoms with Crippen LogP contribution in [0.2, 0.25) is 0 Å². The van der Waals surface area contributed by atoms with Gasteiger partial charge in [0, 0.05) is 14.8 Å². The maximum Gasteiger partial charge on any atom is 0.416 e. The van der Waals surface area contributed by atoms with Gasteiger partial charge in [0.25, 0.3) is 5.91 Å². The Morgan fingerprint density at radius 1 is 1.14 bits per heavy atom. The van der Waals surface area contributed by atoms with Gasteiger partial charge >= 0.3 is 6.18 Å². The zero-order chi connectivity index (χ0) is 15.6. The third-order valence-electron chi connectivity index (χ3n) is 2.89. The van der Waals surface area contributed by atoms with Crippen molar-refractivity contribution < 1.29 is 18.0 Å². The van der Waals surface area contributed by atoms with Crippen molar-refractivity contribution in [1.82, 2.24) is 0 Å². The van der Waals surface area contributed by atoms with Crippen molar-refractivity contribution in [1.29, 1.82) is 0 Å². The largest absolute Gasteiger partial charge is 0.416 e. The Hall–Kier alpha value is -1.57. The maximum absolute atomic E-state index is 12.8. The Morgan fingerprint density at radius 3 is 2.48 bits per heavy atom. The summed E-state index contributed by atoms with van der Waals surface area (Å²) in [6.07, 6.45) is -4.44. The molecule has 0 bridgehead atoms. The molecule has 2 rings (SSSR count). The molecule has 0 aliphatic rings. The van der Waals surface area contributed by atoms with E-state index in [9.17, 15) is 18.0 Å². The zero-order valence-electron chi connectivity index (χ0n) is 11.0. The van der Waals surface area contributed by atoms with Gasteiger partial charge in [0.05, 0.1) is 5.56 Å². The molecule has 1 N–H and O–H groups in total. The quantitative estimate of drug-likeness (QED) is 0.710. The fourth-order valence-corrected chi connectivity index (χ4v) is 2.38. The number of alkyl halides is 3. The first-order valence-corrected chi connectivity index (χ1v) is 7.10. The van der Waals surface area contributed by atoms with Crippen LogP contribution < -0.4 is 5.32 Å². The smallest absolute Gasteiger partial charge is 0.322 e. The minimum absolute atomic E-state index is 0.120. The molecule has 0 aliphatic heterocycles. The predicted octanol–water partition coefficient (Wildman–Crippen LogP) is 4.87. The highest BCUT2D eigenvalue weighted by Crippen LogP contribution is 2.33. The van der Waals surface area contributed by atoms with Gasteiger partial charge in [0.1, 0.15) is 0 Å². The number of benzene rings is 2. The average Bonchev–Trinajstić information content (AvgIpc) is 2.39. The Morgan fingerprint density at radius 2 is 1.86 bits per heavy atom. The lowest BCUT2D eigenvalue weighted by molar-refractivity contribution is -0.138. The summed E-state index contributed by atoms with van der Waals surface area (Å²) < 4.78 is 39.4. The van der Waals surface area contributed by atoms with E-state index in [0.29, 0.717) is 5.56 Å². The molecule has 0 aliphatic carbocycles. The molecule has 0 aromatic heterocycles. The molecule has 0 heterocycles. The van der Waals surface area contributed by atoms with Crippen molar-refractivity contribution in [2.75, 3.05) is 5.32 Å². The molecular weight excluding hydrogens is 394 g/mol. The number of nitrogens with one attached hydrogen (secondary N) is 1. The monoisotopic (exact) mass is 405 g/mol. The minimum atomic E-state index is -4.44. The normalized spacial score (nSPS) is 11.3. The van der Waals surface area contributed by atoms with Gasteiger partial charge in [-0.2, -0.15) is 13.2 Å². The molecule has 2 nitrogen and oxygen atoms in total. The standard InChI is InChI=1S/C15H11F3INO/c1-9-5-6-12(8-13(9)15(16,17)18)20-14(21)10-3-2-4-11(19)7-10/h2-8H,1H3,(H,20,21). The first kappa shape index (κ1) is 15.8. The summed E-state index contributed by atoms with van der Waals surface area (Å²) in [6, 6.07) is 10.5. The number of anilines is 1. The SMILES string of the molecule is Cc1ccc(NC(=O)c2cccc(I)c2)cc1C(F)(F)F. The van der Waals surface area contributed by atoms with Crippen molar-refractivity contribution in [2.45, 2.75) is 13.1 Å². The zero-order valence-corrected chi connectivity index (χ0v) is 13.1. The van der Waals surface area contributed by atoms with E-state index in [-0.39, 0.29) is 11.3 Å². The molecule has 2 aromatic rings. The van der Waals surface area contributed by atoms with Crippen molar-refractivity contribution in [3.63, 3.8) is 0 Å². The lowest BCUT2D eigenvalue weighted by Crippen LogP contribution is -2.14. The molecular formula is C15H11F3INO. The Balaban J connectivity index is 2.26. The number of hydrogen-bond acceptors (Lipinski definition) is 1. The number of amides is 1. The molecule has 110 valence electrons. The third kappa shape index (κ3) is 3.96. The van der Waals surface area contributed by atoms with E-state index in [1.807, 2.05) is 6.07 Å². The Labute approximate surface area is 133 Å². The van der Waals surface area contributed by atoms with Crippen LogP contribution in [0, 0.1) is 10.5 Å². The van der Waals surface area contributed by atoms with Gasteiger partial charge in [-0.25, -0.2) is 0 Å². The number of carbonyl (C=O) groups is 1. The Bertz CT molecular complexity index is 683. The molecule has 6 heteroatoms. The van der Waals surface area contributed by atoms with Gasteiger partial charge in [-0.15, -0.1) is 0 Å². The van der Waals surface area contributed by atoms with Crippen LogP contribution in [-0.4, -0.2) is 5.91 Å². The fourth-order valence-electron chi connectivity index (χ4n) is 1.84. The summed E-state index contributed by atoms with van der Waals surface area (Å²) in [4.78, 5) is 12.0. The summed E-state index contributed by atoms with van der Waals surface area (Å²) in [5.74, 6) is -0.439. The summed E-state index contributed by atoms with van der Waals surface area (Å²) in [5, 5.41) is 2.48. The number of carbonyl (C=O) groups excluding carboxylic acids is 1. The van der Waals surface area contributed by atoms with Crippen LogP contribution in [0.15, 0.2) is 42.5 Å². The van der Waals surface area contributed by atoms with Gasteiger partial charge in [-0.05, 0) is 65.4 Å². The van der Waals surface area contributed by atoms with Crippen LogP contribution in [0.1, 0.15) is 21.5 Å². The Kier molecular flexibility index (Phi) is 4.55. The highest BCUT2D eigenvalue weighted by atomic mass is 127. The lowest BCUT2D eigenvalue weighted by atomic mass is 10.1. The van der Waals surface area contributed by atoms with E-state index < -0.39 is 17.6 Å². The second-order valence-electron chi connectivity index (χ2n) is 4.49. The van der Waals surface area contributed by atoms with Crippen molar-refractivity contribution in [3.05, 3.63) is 62.7 Å². The molecule has 0 fully saturated rings. The van der Waals surface area contributed by atoms with Gasteiger partial charge in [0.15, 0.2) is 0 Å². The lowest BCUT2D eigenvalue weighted by Gasteiger charge is -2.13. The molecule has 0 unspecified atom stereocenters. The van der Waals surface area contributed by atoms with E-state index in [0.717, 1.165) is 9.64 Å². The topological polar surface area (TPSA) is 29.1 Å². The van der Waals surface area contributed by atoms with E-state index >= 15 is 0 Å². The molecule has 21 heavy (non-hydrogen) atoms. The highest BCUT2D eigenvalue weighted by Gasteiger charge is 2.32. The fraction of sp³-hybridized carbons (Fsp3) is 0.133. The molecule has 0 atom stereocenters. The van der Waals surface area contributed by atoms with Crippen LogP contribution in [0.3, 0.4) is 0 Å². The first-order chi connectivity index (χ1) is 9.77. The maximum atomic E-state index is 12.8. The van der Waals surface area contributed by atoms with Crippen molar-refractivity contribution in [3.8, 4) is 0 Å². The summed E-state index contributed by atoms with van der Waals surface area (Å²) in [5.41, 5.74) is -0.106. The number of aryl methyl sites for hydroxylation is 1. The number of rotatable bonds is 2. The second kappa shape index (κ2) is 6.05. The van der Waals surface area contributed by atoms with Crippen LogP contribution in [0.4, 0.5) is 18.9 Å². The predicted molar refractivity (Wildman–Crippen MR) is 83.3 cm³/mol. The summed E-state index contributed by atoms with van der Waals surface area (Å²) in [7, 11) is 0. The van der Waals surface area contributed by atoms with Gasteiger partial charge < -0.3 is 5.32 Å². The molecule has 0 radical (unpaired) electrons. The number of hydrogen-bond donors (Lipinski definition) is 1. The van der Waals surface area contributed by atoms with E-state index in [2.05, 4.69) is 27.9 Å². The van der Waals surface area contributed by atoms with Gasteiger partial charge in [-0.1, -0.05) is 12.1 Å². The molecule has 0 saturated carbocycles. The van der Waals surface area contributed by atoms with Crippen LogP contribution >= 0.6 is 22.6 Å². The van der Waals surface area contributed by atoms with Crippen LogP contribution in [-0.2, 0) is 6.18 Å². The van der Waals surface area contributed by atoms with Crippen molar-refractivity contribution >= 4 is 34.2 Å². The average molecular weight is 405 g/mol. The minimum Gasteiger partial charge on any atom is -0.322 e. The number of halogens is 4. The highest BCUT2D eigenvalue weighted by molar-refractivity contribution is 14.1. The molecule has 1 amide bonds. The summed E-state index contributed by atoms with van der Waals surface area (Å²) in [6.45, 7) is 1.38. The molecule has 0 spiro atoms. The van der Waals surface area contributed by atoms with Crippen LogP contribution in [0.5, 0.6) is 0 Å². The van der Waals surface area contributed by atoms with E-state index in [4.69, 9.17) is 0 Å². The molecule has 0 saturated heterocycles. The van der Waals surface area contributed by atoms with Gasteiger partial charge in [-0.3, -0.25) is 4.79 Å². The third-order valence-corrected chi connectivity index (χ3v) is 3.56. The van der Waals surface area contributed by atoms with E-state index in [1.54, 1.807) is 18.2 Å². The summed E-state index contributed by atoms with van der Waals surface area (Å²) >= 11 is 2.06. The second-order valence-corrected chi connectivity index (χ2v) is 5.74. The van der Waals surface area contributed by atoms with E-state index in [1.165, 1.54) is 19.1 Å². The van der Waals surface area contributed by atoms with Gasteiger partial charge in [0.2, 0.25) is 0 Å². The van der Waals surface area contributed by atoms with Crippen molar-refractivity contribution in [2.24, 2.45) is 0 Å².